The number of carbonyl (C=O) groups is 4. The second-order valence-electron chi connectivity index (χ2n) is 14.5. The number of nitrogens with one attached hydrogen (secondary N) is 3. The van der Waals surface area contributed by atoms with Crippen LogP contribution in [0.2, 0.25) is 0 Å². The normalized spacial score (nSPS) is 19.1. The Morgan fingerprint density at radius 1 is 1.09 bits per heavy atom. The molecule has 0 fully saturated rings. The first-order valence-corrected chi connectivity index (χ1v) is 18.7. The first-order chi connectivity index (χ1) is 26.4. The number of nitrogens with zero attached hydrogens (tertiary/aromatic N) is 2. The van der Waals surface area contributed by atoms with Gasteiger partial charge in [-0.05, 0) is 67.3 Å². The van der Waals surface area contributed by atoms with Crippen molar-refractivity contribution in [3.05, 3.63) is 97.6 Å². The van der Waals surface area contributed by atoms with E-state index in [0.717, 1.165) is 16.7 Å². The molecular weight excluding hydrogens is 709 g/mol. The minimum atomic E-state index is -2.01. The highest BCUT2D eigenvalue weighted by atomic mass is 19.1. The van der Waals surface area contributed by atoms with Crippen molar-refractivity contribution in [1.29, 1.82) is 0 Å². The van der Waals surface area contributed by atoms with E-state index in [-0.39, 0.29) is 55.8 Å². The van der Waals surface area contributed by atoms with Crippen LogP contribution in [0.1, 0.15) is 85.0 Å². The van der Waals surface area contributed by atoms with Gasteiger partial charge in [-0.15, -0.1) is 0 Å². The lowest BCUT2D eigenvalue weighted by Crippen LogP contribution is -2.44. The van der Waals surface area contributed by atoms with Gasteiger partial charge in [-0.3, -0.25) is 19.2 Å². The third-order valence-corrected chi connectivity index (χ3v) is 11.2. The number of ether oxygens (including phenoxy) is 2. The average molecular weight is 754 g/mol. The van der Waals surface area contributed by atoms with Gasteiger partial charge < -0.3 is 35.1 Å². The molecule has 0 bridgehead atoms. The maximum absolute atomic E-state index is 15.3. The van der Waals surface area contributed by atoms with Crippen LogP contribution in [-0.2, 0) is 60.2 Å². The lowest BCUT2D eigenvalue weighted by atomic mass is 9.81. The number of fused-ring (bicyclic) bond motifs is 5. The molecule has 4 atom stereocenters. The molecule has 13 nitrogen and oxygen atoms in total. The van der Waals surface area contributed by atoms with Crippen molar-refractivity contribution in [1.82, 2.24) is 25.5 Å². The SMILES string of the molecule is CC[C@@H](OCNC(=O)CNC(=O)[C@@H](C)Cc1ccccc1)C(=O)N[C@H]1CCc2c(C)c(F)cc3nc4c(c1c23)Cn1c-4cc2c(c1=O)COC(=O)[C@]2(O)CC. The summed E-state index contributed by atoms with van der Waals surface area (Å²) < 4.78 is 27.8. The third kappa shape index (κ3) is 6.78. The molecule has 0 spiro atoms. The van der Waals surface area contributed by atoms with E-state index in [9.17, 15) is 29.1 Å². The van der Waals surface area contributed by atoms with E-state index in [2.05, 4.69) is 16.0 Å². The van der Waals surface area contributed by atoms with Crippen LogP contribution in [-0.4, -0.2) is 57.7 Å². The van der Waals surface area contributed by atoms with E-state index in [1.54, 1.807) is 33.8 Å². The Morgan fingerprint density at radius 3 is 2.58 bits per heavy atom. The van der Waals surface area contributed by atoms with Crippen LogP contribution in [0.3, 0.4) is 0 Å². The molecule has 55 heavy (non-hydrogen) atoms. The minimum absolute atomic E-state index is 0.0116. The summed E-state index contributed by atoms with van der Waals surface area (Å²) in [7, 11) is 0. The van der Waals surface area contributed by atoms with Gasteiger partial charge in [-0.1, -0.05) is 51.1 Å². The number of aliphatic hydroxyl groups is 1. The second kappa shape index (κ2) is 15.0. The number of halogens is 1. The van der Waals surface area contributed by atoms with E-state index in [1.165, 1.54) is 10.6 Å². The van der Waals surface area contributed by atoms with Crippen LogP contribution >= 0.6 is 0 Å². The standard InChI is InChI=1S/C41H44FN5O8/c1-5-32(55-20-44-33(48)17-43-37(49)21(3)14-23-10-8-7-9-11-23)38(50)46-29-13-12-24-22(4)28(42)16-30-34(24)35(29)25-18-47-31(36(25)45-30)15-27-26(39(47)51)19-54-40(52)41(27,53)6-2/h7-11,15-16,21,29,32,53H,5-6,12-14,17-20H2,1-4H3,(H,43,49)(H,44,48)(H,46,50)/t21-,29-,32+,41-/m0/s1. The number of hydrogen-bond acceptors (Lipinski definition) is 9. The number of pyridine rings is 2. The smallest absolute Gasteiger partial charge is 0.343 e. The zero-order valence-corrected chi connectivity index (χ0v) is 31.2. The molecule has 14 heteroatoms. The molecule has 1 aliphatic carbocycles. The Kier molecular flexibility index (Phi) is 10.3. The van der Waals surface area contributed by atoms with Crippen molar-refractivity contribution in [2.24, 2.45) is 5.92 Å². The van der Waals surface area contributed by atoms with E-state index >= 15 is 4.39 Å². The third-order valence-electron chi connectivity index (χ3n) is 11.2. The largest absolute Gasteiger partial charge is 0.458 e. The molecule has 4 aromatic rings. The molecule has 0 unspecified atom stereocenters. The van der Waals surface area contributed by atoms with Crippen LogP contribution in [0.15, 0.2) is 47.3 Å². The van der Waals surface area contributed by atoms with Crippen molar-refractivity contribution < 1.29 is 38.1 Å². The quantitative estimate of drug-likeness (QED) is 0.110. The molecule has 2 aromatic heterocycles. The minimum Gasteiger partial charge on any atom is -0.458 e. The molecule has 0 saturated carbocycles. The Bertz CT molecular complexity index is 2290. The van der Waals surface area contributed by atoms with E-state index in [4.69, 9.17) is 14.5 Å². The number of cyclic esters (lactones) is 1. The van der Waals surface area contributed by atoms with Gasteiger partial charge in [0, 0.05) is 28.5 Å². The number of carbonyl (C=O) groups excluding carboxylic acids is 4. The van der Waals surface area contributed by atoms with Crippen LogP contribution in [0, 0.1) is 18.7 Å². The topological polar surface area (TPSA) is 178 Å². The highest BCUT2D eigenvalue weighted by molar-refractivity contribution is 5.94. The van der Waals surface area contributed by atoms with Gasteiger partial charge in [0.2, 0.25) is 17.7 Å². The fraction of sp³-hybridized carbons (Fsp3) is 0.415. The van der Waals surface area contributed by atoms with Crippen molar-refractivity contribution in [2.45, 2.75) is 90.7 Å². The Balaban J connectivity index is 1.09. The maximum Gasteiger partial charge on any atom is 0.343 e. The van der Waals surface area contributed by atoms with E-state index < -0.39 is 46.9 Å². The summed E-state index contributed by atoms with van der Waals surface area (Å²) in [5, 5.41) is 20.4. The highest BCUT2D eigenvalue weighted by Gasteiger charge is 2.46. The molecule has 3 aliphatic rings. The van der Waals surface area contributed by atoms with E-state index in [0.29, 0.717) is 59.1 Å². The molecule has 4 heterocycles. The zero-order chi connectivity index (χ0) is 39.2. The number of hydrogen-bond donors (Lipinski definition) is 4. The van der Waals surface area contributed by atoms with Gasteiger partial charge in [0.05, 0.1) is 41.6 Å². The van der Waals surface area contributed by atoms with Crippen LogP contribution in [0.5, 0.6) is 0 Å². The van der Waals surface area contributed by atoms with Crippen LogP contribution < -0.4 is 21.5 Å². The van der Waals surface area contributed by atoms with Crippen molar-refractivity contribution in [2.75, 3.05) is 13.3 Å². The number of aromatic nitrogens is 2. The summed E-state index contributed by atoms with van der Waals surface area (Å²) in [4.78, 5) is 70.3. The lowest BCUT2D eigenvalue weighted by Gasteiger charge is -2.31. The molecule has 0 saturated heterocycles. The Labute approximate surface area is 316 Å². The van der Waals surface area contributed by atoms with Gasteiger partial charge in [0.1, 0.15) is 25.3 Å². The van der Waals surface area contributed by atoms with Crippen LogP contribution in [0.25, 0.3) is 22.3 Å². The van der Waals surface area contributed by atoms with Gasteiger partial charge in [0.25, 0.3) is 5.56 Å². The number of rotatable bonds is 12. The summed E-state index contributed by atoms with van der Waals surface area (Å²) >= 11 is 0. The molecule has 3 amide bonds. The Morgan fingerprint density at radius 2 is 1.85 bits per heavy atom. The maximum atomic E-state index is 15.3. The van der Waals surface area contributed by atoms with Crippen molar-refractivity contribution in [3.8, 4) is 11.4 Å². The molecule has 7 rings (SSSR count). The fourth-order valence-electron chi connectivity index (χ4n) is 8.03. The first kappa shape index (κ1) is 37.8. The molecule has 0 radical (unpaired) electrons. The Hall–Kier alpha value is -5.47. The van der Waals surface area contributed by atoms with Crippen molar-refractivity contribution >= 4 is 34.6 Å². The summed E-state index contributed by atoms with van der Waals surface area (Å²) in [5.41, 5.74) is 2.74. The molecule has 2 aromatic carbocycles. The zero-order valence-electron chi connectivity index (χ0n) is 31.2. The summed E-state index contributed by atoms with van der Waals surface area (Å²) in [5.74, 6) is -2.73. The summed E-state index contributed by atoms with van der Waals surface area (Å²) in [6, 6.07) is 12.0. The summed E-state index contributed by atoms with van der Waals surface area (Å²) in [6.07, 6.45) is 0.785. The number of aryl methyl sites for hydroxylation is 1. The molecule has 2 aliphatic heterocycles. The fourth-order valence-corrected chi connectivity index (χ4v) is 8.03. The van der Waals surface area contributed by atoms with Gasteiger partial charge in [-0.25, -0.2) is 14.2 Å². The van der Waals surface area contributed by atoms with Gasteiger partial charge in [0.15, 0.2) is 5.60 Å². The van der Waals surface area contributed by atoms with Crippen molar-refractivity contribution in [3.63, 3.8) is 0 Å². The molecular formula is C41H44FN5O8. The van der Waals surface area contributed by atoms with E-state index in [1.807, 2.05) is 30.3 Å². The average Bonchev–Trinajstić information content (AvgIpc) is 3.55. The highest BCUT2D eigenvalue weighted by Crippen LogP contribution is 2.46. The van der Waals surface area contributed by atoms with Gasteiger partial charge in [-0.2, -0.15) is 0 Å². The monoisotopic (exact) mass is 753 g/mol. The number of esters is 1. The summed E-state index contributed by atoms with van der Waals surface area (Å²) in [6.45, 7) is 6.23. The molecule has 4 N–H and O–H groups in total. The lowest BCUT2D eigenvalue weighted by molar-refractivity contribution is -0.172. The first-order valence-electron chi connectivity index (χ1n) is 18.7. The van der Waals surface area contributed by atoms with Crippen LogP contribution in [0.4, 0.5) is 4.39 Å². The molecule has 288 valence electrons. The number of amides is 3. The number of benzene rings is 2. The van der Waals surface area contributed by atoms with Gasteiger partial charge >= 0.3 is 5.97 Å². The second-order valence-corrected chi connectivity index (χ2v) is 14.5. The predicted molar refractivity (Wildman–Crippen MR) is 199 cm³/mol. The predicted octanol–water partition coefficient (Wildman–Crippen LogP) is 3.49.